The number of rotatable bonds is 3. The zero-order valence-electron chi connectivity index (χ0n) is 13.0. The van der Waals surface area contributed by atoms with Crippen LogP contribution in [0, 0.1) is 0 Å². The van der Waals surface area contributed by atoms with Gasteiger partial charge in [-0.25, -0.2) is 4.79 Å². The van der Waals surface area contributed by atoms with Gasteiger partial charge in [-0.1, -0.05) is 18.2 Å². The molecule has 132 valence electrons. The molecule has 1 aliphatic rings. The highest BCUT2D eigenvalue weighted by molar-refractivity contribution is 5.90. The van der Waals surface area contributed by atoms with Crippen LogP contribution in [-0.2, 0) is 12.7 Å². The Morgan fingerprint density at radius 1 is 1.04 bits per heavy atom. The first-order chi connectivity index (χ1) is 11.9. The molecule has 0 aromatic heterocycles. The van der Waals surface area contributed by atoms with Crippen molar-refractivity contribution >= 4 is 11.7 Å². The van der Waals surface area contributed by atoms with Crippen LogP contribution in [0.3, 0.4) is 0 Å². The second-order valence-electron chi connectivity index (χ2n) is 5.33. The number of amides is 2. The fraction of sp³-hybridized carbons (Fsp3) is 0.235. The predicted octanol–water partition coefficient (Wildman–Crippen LogP) is 3.80. The lowest BCUT2D eigenvalue weighted by Gasteiger charge is -2.19. The van der Waals surface area contributed by atoms with E-state index in [2.05, 4.69) is 10.6 Å². The largest absolute Gasteiger partial charge is 0.486 e. The van der Waals surface area contributed by atoms with Crippen LogP contribution in [0.4, 0.5) is 23.7 Å². The summed E-state index contributed by atoms with van der Waals surface area (Å²) in [5.41, 5.74) is -0.456. The first-order valence-electron chi connectivity index (χ1n) is 7.53. The van der Waals surface area contributed by atoms with E-state index < -0.39 is 17.8 Å². The molecule has 0 radical (unpaired) electrons. The number of carbonyl (C=O) groups excluding carboxylic acids is 1. The molecule has 2 amide bonds. The second-order valence-corrected chi connectivity index (χ2v) is 5.33. The summed E-state index contributed by atoms with van der Waals surface area (Å²) in [6.07, 6.45) is -4.54. The maximum absolute atomic E-state index is 12.9. The summed E-state index contributed by atoms with van der Waals surface area (Å²) in [5, 5.41) is 4.74. The van der Waals surface area contributed by atoms with E-state index in [9.17, 15) is 18.0 Å². The van der Waals surface area contributed by atoms with Crippen molar-refractivity contribution in [2.75, 3.05) is 18.5 Å². The van der Waals surface area contributed by atoms with E-state index in [1.54, 1.807) is 18.2 Å². The molecule has 0 fully saturated rings. The predicted molar refractivity (Wildman–Crippen MR) is 84.7 cm³/mol. The van der Waals surface area contributed by atoms with E-state index in [-0.39, 0.29) is 12.2 Å². The Balaban J connectivity index is 1.62. The van der Waals surface area contributed by atoms with Gasteiger partial charge in [0.05, 0.1) is 11.3 Å². The lowest BCUT2D eigenvalue weighted by molar-refractivity contribution is -0.136. The molecule has 25 heavy (non-hydrogen) atoms. The van der Waals surface area contributed by atoms with Crippen LogP contribution in [-0.4, -0.2) is 19.2 Å². The third-order valence-corrected chi connectivity index (χ3v) is 3.54. The summed E-state index contributed by atoms with van der Waals surface area (Å²) >= 11 is 0. The maximum Gasteiger partial charge on any atom is 0.418 e. The molecular formula is C17H15F3N2O3. The Kier molecular flexibility index (Phi) is 4.69. The summed E-state index contributed by atoms with van der Waals surface area (Å²) in [7, 11) is 0. The quantitative estimate of drug-likeness (QED) is 0.883. The van der Waals surface area contributed by atoms with Crippen LogP contribution < -0.4 is 20.1 Å². The number of para-hydroxylation sites is 1. The highest BCUT2D eigenvalue weighted by Gasteiger charge is 2.33. The molecule has 0 aliphatic carbocycles. The van der Waals surface area contributed by atoms with Crippen molar-refractivity contribution in [3.8, 4) is 11.5 Å². The molecule has 0 bridgehead atoms. The molecule has 5 nitrogen and oxygen atoms in total. The van der Waals surface area contributed by atoms with Gasteiger partial charge in [0, 0.05) is 6.54 Å². The molecule has 8 heteroatoms. The molecule has 2 N–H and O–H groups in total. The molecule has 2 aromatic carbocycles. The summed E-state index contributed by atoms with van der Waals surface area (Å²) in [4.78, 5) is 11.9. The van der Waals surface area contributed by atoms with Crippen molar-refractivity contribution < 1.29 is 27.4 Å². The number of anilines is 1. The van der Waals surface area contributed by atoms with E-state index >= 15 is 0 Å². The number of urea groups is 1. The van der Waals surface area contributed by atoms with E-state index in [1.807, 2.05) is 0 Å². The third kappa shape index (κ3) is 4.14. The molecule has 2 aromatic rings. The van der Waals surface area contributed by atoms with Gasteiger partial charge in [-0.05, 0) is 29.8 Å². The Bertz CT molecular complexity index is 778. The number of hydrogen-bond acceptors (Lipinski definition) is 3. The van der Waals surface area contributed by atoms with Crippen molar-refractivity contribution in [3.05, 3.63) is 53.6 Å². The van der Waals surface area contributed by atoms with E-state index in [1.165, 1.54) is 18.2 Å². The first kappa shape index (κ1) is 16.9. The zero-order valence-corrected chi connectivity index (χ0v) is 13.0. The van der Waals surface area contributed by atoms with Crippen LogP contribution in [0.5, 0.6) is 11.5 Å². The van der Waals surface area contributed by atoms with E-state index in [0.29, 0.717) is 24.7 Å². The molecule has 1 heterocycles. The number of alkyl halides is 3. The lowest BCUT2D eigenvalue weighted by atomic mass is 10.1. The standard InChI is InChI=1S/C17H15F3N2O3/c18-17(19,20)12-3-1-2-4-13(12)22-16(23)21-10-11-5-6-14-15(9-11)25-8-7-24-14/h1-6,9H,7-8,10H2,(H2,21,22,23). The van der Waals surface area contributed by atoms with Gasteiger partial charge in [-0.3, -0.25) is 0 Å². The molecule has 0 saturated carbocycles. The minimum absolute atomic E-state index is 0.136. The van der Waals surface area contributed by atoms with Crippen LogP contribution in [0.1, 0.15) is 11.1 Å². The fourth-order valence-electron chi connectivity index (χ4n) is 2.39. The summed E-state index contributed by atoms with van der Waals surface area (Å²) in [6, 6.07) is 9.26. The number of carbonyl (C=O) groups is 1. The molecular weight excluding hydrogens is 337 g/mol. The smallest absolute Gasteiger partial charge is 0.418 e. The van der Waals surface area contributed by atoms with Gasteiger partial charge >= 0.3 is 12.2 Å². The Hall–Kier alpha value is -2.90. The summed E-state index contributed by atoms with van der Waals surface area (Å²) in [5.74, 6) is 1.20. The number of fused-ring (bicyclic) bond motifs is 1. The monoisotopic (exact) mass is 352 g/mol. The normalized spacial score (nSPS) is 13.2. The van der Waals surface area contributed by atoms with Crippen molar-refractivity contribution in [1.29, 1.82) is 0 Å². The van der Waals surface area contributed by atoms with Crippen LogP contribution in [0.25, 0.3) is 0 Å². The Morgan fingerprint density at radius 2 is 1.76 bits per heavy atom. The molecule has 0 unspecified atom stereocenters. The number of benzene rings is 2. The van der Waals surface area contributed by atoms with Gasteiger partial charge in [0.25, 0.3) is 0 Å². The zero-order chi connectivity index (χ0) is 17.9. The van der Waals surface area contributed by atoms with Gasteiger partial charge in [-0.2, -0.15) is 13.2 Å². The molecule has 1 aliphatic heterocycles. The summed E-state index contributed by atoms with van der Waals surface area (Å²) < 4.78 is 49.6. The number of ether oxygens (including phenoxy) is 2. The van der Waals surface area contributed by atoms with Gasteiger partial charge in [0.2, 0.25) is 0 Å². The molecule has 3 rings (SSSR count). The molecule has 0 atom stereocenters. The van der Waals surface area contributed by atoms with Crippen molar-refractivity contribution in [1.82, 2.24) is 5.32 Å². The Labute approximate surface area is 141 Å². The van der Waals surface area contributed by atoms with E-state index in [0.717, 1.165) is 11.6 Å². The Morgan fingerprint density at radius 3 is 2.52 bits per heavy atom. The number of nitrogens with one attached hydrogen (secondary N) is 2. The van der Waals surface area contributed by atoms with Crippen molar-refractivity contribution in [2.45, 2.75) is 12.7 Å². The SMILES string of the molecule is O=C(NCc1ccc2c(c1)OCCO2)Nc1ccccc1C(F)(F)F. The maximum atomic E-state index is 12.9. The highest BCUT2D eigenvalue weighted by atomic mass is 19.4. The molecule has 0 saturated heterocycles. The van der Waals surface area contributed by atoms with Gasteiger partial charge in [0.15, 0.2) is 11.5 Å². The number of halogens is 3. The number of hydrogen-bond donors (Lipinski definition) is 2. The third-order valence-electron chi connectivity index (χ3n) is 3.54. The van der Waals surface area contributed by atoms with E-state index in [4.69, 9.17) is 9.47 Å². The minimum atomic E-state index is -4.54. The van der Waals surface area contributed by atoms with Crippen LogP contribution in [0.2, 0.25) is 0 Å². The highest BCUT2D eigenvalue weighted by Crippen LogP contribution is 2.34. The fourth-order valence-corrected chi connectivity index (χ4v) is 2.39. The second kappa shape index (κ2) is 6.92. The minimum Gasteiger partial charge on any atom is -0.486 e. The van der Waals surface area contributed by atoms with Crippen LogP contribution in [0.15, 0.2) is 42.5 Å². The van der Waals surface area contributed by atoms with Crippen LogP contribution >= 0.6 is 0 Å². The van der Waals surface area contributed by atoms with Gasteiger partial charge in [0.1, 0.15) is 13.2 Å². The lowest BCUT2D eigenvalue weighted by Crippen LogP contribution is -2.29. The van der Waals surface area contributed by atoms with Crippen molar-refractivity contribution in [3.63, 3.8) is 0 Å². The first-order valence-corrected chi connectivity index (χ1v) is 7.53. The topological polar surface area (TPSA) is 59.6 Å². The van der Waals surface area contributed by atoms with Gasteiger partial charge < -0.3 is 20.1 Å². The summed E-state index contributed by atoms with van der Waals surface area (Å²) in [6.45, 7) is 1.06. The average molecular weight is 352 g/mol. The average Bonchev–Trinajstić information content (AvgIpc) is 2.59. The molecule has 0 spiro atoms. The van der Waals surface area contributed by atoms with Gasteiger partial charge in [-0.15, -0.1) is 0 Å². The van der Waals surface area contributed by atoms with Crippen molar-refractivity contribution in [2.24, 2.45) is 0 Å².